The number of nitrogens with one attached hydrogen (secondary N) is 1. The Kier molecular flexibility index (Phi) is 6.36. The molecule has 3 aromatic heterocycles. The zero-order valence-electron chi connectivity index (χ0n) is 16.8. The summed E-state index contributed by atoms with van der Waals surface area (Å²) in [5.41, 5.74) is 1.72. The van der Waals surface area contributed by atoms with Crippen LogP contribution in [0.1, 0.15) is 25.7 Å². The van der Waals surface area contributed by atoms with E-state index in [1.54, 1.807) is 30.6 Å². The SMILES string of the molecule is COc1nccc(OC2CC2)c1-c1cn(SF)c2nc(NC=O)ccc12.O=CC1CC1. The summed E-state index contributed by atoms with van der Waals surface area (Å²) in [6.45, 7) is 0. The zero-order valence-corrected chi connectivity index (χ0v) is 17.6. The lowest BCUT2D eigenvalue weighted by Crippen LogP contribution is -2.00. The summed E-state index contributed by atoms with van der Waals surface area (Å²) in [5, 5.41) is 3.16. The van der Waals surface area contributed by atoms with Gasteiger partial charge in [-0.25, -0.2) is 13.9 Å². The predicted molar refractivity (Wildman–Crippen MR) is 116 cm³/mol. The Morgan fingerprint density at radius 1 is 1.23 bits per heavy atom. The van der Waals surface area contributed by atoms with Crippen molar-refractivity contribution < 1.29 is 22.9 Å². The maximum Gasteiger partial charge on any atom is 0.224 e. The van der Waals surface area contributed by atoms with Crippen molar-refractivity contribution in [1.82, 2.24) is 13.9 Å². The summed E-state index contributed by atoms with van der Waals surface area (Å²) in [4.78, 5) is 28.8. The second-order valence-electron chi connectivity index (χ2n) is 7.25. The van der Waals surface area contributed by atoms with Crippen LogP contribution < -0.4 is 14.8 Å². The number of nitrogens with zero attached hydrogens (tertiary/aromatic N) is 3. The van der Waals surface area contributed by atoms with Crippen LogP contribution in [0.4, 0.5) is 9.70 Å². The van der Waals surface area contributed by atoms with Crippen LogP contribution in [0.5, 0.6) is 11.6 Å². The molecule has 0 saturated heterocycles. The van der Waals surface area contributed by atoms with Gasteiger partial charge in [0.05, 0.1) is 18.8 Å². The molecule has 2 aliphatic rings. The Hall–Kier alpha value is -3.14. The van der Waals surface area contributed by atoms with Crippen molar-refractivity contribution in [3.05, 3.63) is 30.6 Å². The fourth-order valence-electron chi connectivity index (χ4n) is 2.99. The molecule has 3 heterocycles. The molecule has 1 N–H and O–H groups in total. The number of hydrogen-bond acceptors (Lipinski definition) is 7. The average molecular weight is 444 g/mol. The van der Waals surface area contributed by atoms with Gasteiger partial charge in [-0.2, -0.15) is 0 Å². The summed E-state index contributed by atoms with van der Waals surface area (Å²) in [7, 11) is 1.53. The number of amides is 1. The topological polar surface area (TPSA) is 95.3 Å². The van der Waals surface area contributed by atoms with Gasteiger partial charge in [0, 0.05) is 29.3 Å². The lowest BCUT2D eigenvalue weighted by atomic mass is 10.1. The van der Waals surface area contributed by atoms with Gasteiger partial charge in [-0.3, -0.25) is 4.79 Å². The number of anilines is 1. The highest BCUT2D eigenvalue weighted by Crippen LogP contribution is 2.43. The Morgan fingerprint density at radius 3 is 2.61 bits per heavy atom. The van der Waals surface area contributed by atoms with E-state index in [-0.39, 0.29) is 18.4 Å². The molecule has 0 radical (unpaired) electrons. The van der Waals surface area contributed by atoms with Gasteiger partial charge in [0.2, 0.25) is 12.3 Å². The first-order valence-electron chi connectivity index (χ1n) is 9.85. The molecule has 2 fully saturated rings. The minimum atomic E-state index is 0.0222. The molecule has 2 aliphatic carbocycles. The molecular formula is C21H21FN4O4S. The molecule has 31 heavy (non-hydrogen) atoms. The van der Waals surface area contributed by atoms with Gasteiger partial charge >= 0.3 is 0 Å². The van der Waals surface area contributed by atoms with E-state index in [1.807, 2.05) is 0 Å². The van der Waals surface area contributed by atoms with Crippen LogP contribution in [0.25, 0.3) is 22.2 Å². The van der Waals surface area contributed by atoms with Crippen LogP contribution >= 0.6 is 12.3 Å². The summed E-state index contributed by atoms with van der Waals surface area (Å²) in [6, 6.07) is 5.19. The fourth-order valence-corrected chi connectivity index (χ4v) is 3.34. The predicted octanol–water partition coefficient (Wildman–Crippen LogP) is 4.19. The molecule has 0 bridgehead atoms. The van der Waals surface area contributed by atoms with Gasteiger partial charge in [0.25, 0.3) is 0 Å². The third kappa shape index (κ3) is 4.79. The number of aromatic nitrogens is 3. The van der Waals surface area contributed by atoms with Gasteiger partial charge < -0.3 is 19.6 Å². The van der Waals surface area contributed by atoms with E-state index in [0.29, 0.717) is 51.9 Å². The summed E-state index contributed by atoms with van der Waals surface area (Å²) >= 11 is 0.0222. The lowest BCUT2D eigenvalue weighted by molar-refractivity contribution is -0.108. The first-order chi connectivity index (χ1) is 15.2. The number of methoxy groups -OCH3 is 1. The summed E-state index contributed by atoms with van der Waals surface area (Å²) < 4.78 is 26.2. The van der Waals surface area contributed by atoms with Crippen molar-refractivity contribution in [2.45, 2.75) is 31.8 Å². The summed E-state index contributed by atoms with van der Waals surface area (Å²) in [5.74, 6) is 1.81. The maximum absolute atomic E-state index is 13.5. The largest absolute Gasteiger partial charge is 0.490 e. The van der Waals surface area contributed by atoms with Gasteiger partial charge in [0.1, 0.15) is 17.9 Å². The first-order valence-corrected chi connectivity index (χ1v) is 10.5. The molecule has 0 unspecified atom stereocenters. The molecular weight excluding hydrogens is 423 g/mol. The van der Waals surface area contributed by atoms with Crippen molar-refractivity contribution in [2.75, 3.05) is 12.4 Å². The number of ether oxygens (including phenoxy) is 2. The van der Waals surface area contributed by atoms with Gasteiger partial charge in [-0.1, -0.05) is 0 Å². The molecule has 0 atom stereocenters. The van der Waals surface area contributed by atoms with E-state index >= 15 is 0 Å². The van der Waals surface area contributed by atoms with Crippen molar-refractivity contribution in [1.29, 1.82) is 0 Å². The van der Waals surface area contributed by atoms with E-state index in [1.165, 1.54) is 11.1 Å². The highest BCUT2D eigenvalue weighted by molar-refractivity contribution is 7.92. The quantitative estimate of drug-likeness (QED) is 0.521. The Morgan fingerprint density at radius 2 is 2.03 bits per heavy atom. The molecule has 3 aromatic rings. The number of fused-ring (bicyclic) bond motifs is 1. The fraction of sp³-hybridized carbons (Fsp3) is 0.333. The van der Waals surface area contributed by atoms with E-state index < -0.39 is 0 Å². The lowest BCUT2D eigenvalue weighted by Gasteiger charge is -2.13. The number of carbonyl (C=O) groups is 2. The molecule has 1 amide bonds. The van der Waals surface area contributed by atoms with Crippen LogP contribution in [0.15, 0.2) is 30.6 Å². The standard InChI is InChI=1S/C17H15FN4O3S.C4H6O/c1-24-17-15(13(6-7-19-17)25-10-2-3-10)12-8-22(26-18)16-11(12)4-5-14(21-16)20-9-23;5-3-4-1-2-4/h4-10H,2-3H2,1H3,(H,20,21,23);3-4H,1-2H2. The van der Waals surface area contributed by atoms with Crippen LogP contribution in [0, 0.1) is 5.92 Å². The third-order valence-electron chi connectivity index (χ3n) is 4.87. The van der Waals surface area contributed by atoms with Gasteiger partial charge in [-0.15, -0.1) is 3.89 Å². The highest BCUT2D eigenvalue weighted by atomic mass is 32.2. The van der Waals surface area contributed by atoms with Crippen molar-refractivity contribution in [3.63, 3.8) is 0 Å². The smallest absolute Gasteiger partial charge is 0.224 e. The molecule has 0 aromatic carbocycles. The van der Waals surface area contributed by atoms with E-state index in [4.69, 9.17) is 9.47 Å². The normalized spacial score (nSPS) is 15.0. The number of hydrogen-bond donors (Lipinski definition) is 1. The van der Waals surface area contributed by atoms with Crippen LogP contribution in [-0.2, 0) is 9.59 Å². The monoisotopic (exact) mass is 444 g/mol. The molecule has 2 saturated carbocycles. The average Bonchev–Trinajstić information content (AvgIpc) is 3.72. The number of rotatable bonds is 8. The molecule has 162 valence electrons. The van der Waals surface area contributed by atoms with E-state index in [2.05, 4.69) is 15.3 Å². The van der Waals surface area contributed by atoms with Crippen molar-refractivity contribution in [3.8, 4) is 22.8 Å². The second kappa shape index (κ2) is 9.34. The van der Waals surface area contributed by atoms with E-state index in [9.17, 15) is 13.5 Å². The molecule has 5 rings (SSSR count). The molecule has 0 spiro atoms. The van der Waals surface area contributed by atoms with Crippen LogP contribution in [0.2, 0.25) is 0 Å². The third-order valence-corrected chi connectivity index (χ3v) is 5.30. The zero-order chi connectivity index (χ0) is 21.8. The first kappa shape index (κ1) is 21.1. The Labute approximate surface area is 182 Å². The summed E-state index contributed by atoms with van der Waals surface area (Å²) in [6.07, 6.45) is 9.28. The van der Waals surface area contributed by atoms with Gasteiger partial charge in [0.15, 0.2) is 18.0 Å². The molecule has 0 aliphatic heterocycles. The van der Waals surface area contributed by atoms with Crippen molar-refractivity contribution in [2.24, 2.45) is 5.92 Å². The second-order valence-corrected chi connectivity index (χ2v) is 7.78. The van der Waals surface area contributed by atoms with Gasteiger partial charge in [-0.05, 0) is 43.9 Å². The van der Waals surface area contributed by atoms with E-state index in [0.717, 1.165) is 32.0 Å². The molecule has 10 heteroatoms. The highest BCUT2D eigenvalue weighted by Gasteiger charge is 2.27. The van der Waals surface area contributed by atoms with Crippen LogP contribution in [-0.4, -0.2) is 39.9 Å². The van der Waals surface area contributed by atoms with Crippen LogP contribution in [0.3, 0.4) is 0 Å². The Balaban J connectivity index is 0.000000407. The minimum Gasteiger partial charge on any atom is -0.490 e. The number of aldehydes is 1. The molecule has 8 nitrogen and oxygen atoms in total. The number of pyridine rings is 2. The minimum absolute atomic E-state index is 0.0222. The number of halogens is 1. The van der Waals surface area contributed by atoms with Crippen molar-refractivity contribution >= 4 is 41.9 Å². The maximum atomic E-state index is 13.5. The number of carbonyl (C=O) groups excluding carboxylic acids is 2. The Bertz CT molecular complexity index is 1100.